The van der Waals surface area contributed by atoms with Crippen molar-refractivity contribution in [3.63, 3.8) is 0 Å². The Balaban J connectivity index is 1.93. The summed E-state index contributed by atoms with van der Waals surface area (Å²) >= 11 is 0. The molecule has 0 spiro atoms. The van der Waals surface area contributed by atoms with Crippen LogP contribution in [-0.2, 0) is 20.6 Å². The van der Waals surface area contributed by atoms with E-state index in [1.54, 1.807) is 6.07 Å². The van der Waals surface area contributed by atoms with Crippen molar-refractivity contribution in [2.24, 2.45) is 14.1 Å². The molecule has 0 fully saturated rings. The van der Waals surface area contributed by atoms with E-state index in [1.807, 2.05) is 25.1 Å². The minimum atomic E-state index is -0.492. The summed E-state index contributed by atoms with van der Waals surface area (Å²) in [6.07, 6.45) is 0. The van der Waals surface area contributed by atoms with Gasteiger partial charge in [-0.05, 0) is 36.4 Å². The van der Waals surface area contributed by atoms with Gasteiger partial charge in [-0.1, -0.05) is 19.1 Å². The van der Waals surface area contributed by atoms with E-state index >= 15 is 0 Å². The van der Waals surface area contributed by atoms with Crippen molar-refractivity contribution in [3.8, 4) is 0 Å². The van der Waals surface area contributed by atoms with Crippen LogP contribution < -0.4 is 21.9 Å². The third-order valence-corrected chi connectivity index (χ3v) is 4.30. The smallest absolute Gasteiger partial charge is 0.321 e. The van der Waals surface area contributed by atoms with Crippen LogP contribution in [0.1, 0.15) is 23.0 Å². The van der Waals surface area contributed by atoms with Gasteiger partial charge in [0.1, 0.15) is 11.3 Å². The molecule has 8 heteroatoms. The van der Waals surface area contributed by atoms with E-state index in [2.05, 4.69) is 15.6 Å². The second-order valence-electron chi connectivity index (χ2n) is 6.21. The lowest BCUT2D eigenvalue weighted by atomic mass is 10.2. The maximum Gasteiger partial charge on any atom is 0.332 e. The number of nitrogens with one attached hydrogen (secondary N) is 2. The molecule has 1 amide bonds. The minimum absolute atomic E-state index is 0.128. The number of carbonyl (C=O) groups is 1. The zero-order valence-corrected chi connectivity index (χ0v) is 15.4. The monoisotopic (exact) mass is 367 g/mol. The van der Waals surface area contributed by atoms with E-state index in [0.29, 0.717) is 12.2 Å². The molecule has 140 valence electrons. The predicted octanol–water partition coefficient (Wildman–Crippen LogP) is 0.994. The molecule has 2 N–H and O–H groups in total. The Morgan fingerprint density at radius 2 is 1.89 bits per heavy atom. The number of nitrogens with zero attached hydrogens (tertiary/aromatic N) is 3. The average Bonchev–Trinajstić information content (AvgIpc) is 2.69. The largest absolute Gasteiger partial charge is 0.332 e. The summed E-state index contributed by atoms with van der Waals surface area (Å²) < 4.78 is 2.27. The van der Waals surface area contributed by atoms with Gasteiger partial charge in [0.05, 0.1) is 5.39 Å². The molecule has 1 aromatic carbocycles. The molecule has 0 aliphatic rings. The first-order chi connectivity index (χ1) is 12.9. The number of aromatic nitrogens is 3. The van der Waals surface area contributed by atoms with Gasteiger partial charge in [-0.2, -0.15) is 0 Å². The van der Waals surface area contributed by atoms with Crippen LogP contribution in [0.15, 0.2) is 46.0 Å². The van der Waals surface area contributed by atoms with Crippen LogP contribution in [-0.4, -0.2) is 26.6 Å². The van der Waals surface area contributed by atoms with Crippen LogP contribution in [0.4, 0.5) is 5.69 Å². The molecule has 0 radical (unpaired) electrons. The second-order valence-corrected chi connectivity index (χ2v) is 6.21. The van der Waals surface area contributed by atoms with Crippen LogP contribution in [0.5, 0.6) is 0 Å². The van der Waals surface area contributed by atoms with Gasteiger partial charge in [-0.25, -0.2) is 9.78 Å². The number of hydrogen-bond donors (Lipinski definition) is 2. The van der Waals surface area contributed by atoms with Gasteiger partial charge in [0.25, 0.3) is 11.5 Å². The van der Waals surface area contributed by atoms with E-state index < -0.39 is 17.2 Å². The van der Waals surface area contributed by atoms with E-state index in [4.69, 9.17) is 0 Å². The lowest BCUT2D eigenvalue weighted by molar-refractivity contribution is 0.102. The first-order valence-electron chi connectivity index (χ1n) is 8.60. The normalized spacial score (nSPS) is 10.9. The lowest BCUT2D eigenvalue weighted by Gasteiger charge is -2.10. The third kappa shape index (κ3) is 3.65. The molecule has 0 aliphatic heterocycles. The van der Waals surface area contributed by atoms with Crippen molar-refractivity contribution >= 4 is 22.6 Å². The average molecular weight is 367 g/mol. The van der Waals surface area contributed by atoms with Gasteiger partial charge >= 0.3 is 5.69 Å². The highest BCUT2D eigenvalue weighted by molar-refractivity contribution is 6.03. The Morgan fingerprint density at radius 1 is 1.11 bits per heavy atom. The lowest BCUT2D eigenvalue weighted by Crippen LogP contribution is -2.37. The van der Waals surface area contributed by atoms with Crippen molar-refractivity contribution in [3.05, 3.63) is 68.5 Å². The van der Waals surface area contributed by atoms with Gasteiger partial charge in [0, 0.05) is 26.3 Å². The van der Waals surface area contributed by atoms with Crippen LogP contribution in [0.3, 0.4) is 0 Å². The number of benzene rings is 1. The summed E-state index contributed by atoms with van der Waals surface area (Å²) in [4.78, 5) is 41.1. The fourth-order valence-corrected chi connectivity index (χ4v) is 2.80. The summed E-state index contributed by atoms with van der Waals surface area (Å²) in [6.45, 7) is 3.59. The maximum atomic E-state index is 12.6. The fraction of sp³-hybridized carbons (Fsp3) is 0.263. The van der Waals surface area contributed by atoms with Crippen molar-refractivity contribution in [1.29, 1.82) is 0 Å². The van der Waals surface area contributed by atoms with E-state index in [1.165, 1.54) is 30.8 Å². The quantitative estimate of drug-likeness (QED) is 0.701. The summed E-state index contributed by atoms with van der Waals surface area (Å²) in [5.74, 6) is -0.411. The molecule has 3 rings (SSSR count). The van der Waals surface area contributed by atoms with E-state index in [-0.39, 0.29) is 16.7 Å². The maximum absolute atomic E-state index is 12.6. The summed E-state index contributed by atoms with van der Waals surface area (Å²) in [6, 6.07) is 10.5. The number of hydrogen-bond acceptors (Lipinski definition) is 5. The van der Waals surface area contributed by atoms with E-state index in [0.717, 1.165) is 16.7 Å². The third-order valence-electron chi connectivity index (χ3n) is 4.30. The number of carbonyl (C=O) groups excluding carboxylic acids is 1. The molecule has 27 heavy (non-hydrogen) atoms. The van der Waals surface area contributed by atoms with E-state index in [9.17, 15) is 14.4 Å². The molecule has 8 nitrogen and oxygen atoms in total. The Bertz CT molecular complexity index is 1130. The summed E-state index contributed by atoms with van der Waals surface area (Å²) in [5, 5.41) is 6.31. The zero-order chi connectivity index (χ0) is 19.6. The fourth-order valence-electron chi connectivity index (χ4n) is 2.80. The molecular weight excluding hydrogens is 346 g/mol. The number of anilines is 1. The van der Waals surface area contributed by atoms with Crippen molar-refractivity contribution in [2.75, 3.05) is 11.9 Å². The first kappa shape index (κ1) is 18.5. The minimum Gasteiger partial charge on any atom is -0.321 e. The molecule has 0 bridgehead atoms. The van der Waals surface area contributed by atoms with Gasteiger partial charge in [0.2, 0.25) is 0 Å². The van der Waals surface area contributed by atoms with Gasteiger partial charge in [-0.3, -0.25) is 18.7 Å². The molecular formula is C19H21N5O3. The number of fused-ring (bicyclic) bond motifs is 1. The number of aryl methyl sites for hydroxylation is 1. The highest BCUT2D eigenvalue weighted by atomic mass is 16.2. The number of pyridine rings is 1. The topological polar surface area (TPSA) is 98.0 Å². The molecule has 0 atom stereocenters. The summed E-state index contributed by atoms with van der Waals surface area (Å²) in [5.41, 5.74) is 1.07. The van der Waals surface area contributed by atoms with Crippen LogP contribution in [0.25, 0.3) is 11.0 Å². The van der Waals surface area contributed by atoms with Crippen LogP contribution in [0, 0.1) is 0 Å². The van der Waals surface area contributed by atoms with Crippen LogP contribution in [0.2, 0.25) is 0 Å². The molecule has 0 aliphatic carbocycles. The number of rotatable bonds is 5. The SMILES string of the molecule is CCNCc1cccc(NC(=O)c2ccc3c(=O)n(C)c(=O)n(C)c3n2)c1. The molecule has 2 aromatic heterocycles. The van der Waals surface area contributed by atoms with Crippen LogP contribution >= 0.6 is 0 Å². The molecule has 3 aromatic rings. The predicted molar refractivity (Wildman–Crippen MR) is 104 cm³/mol. The Hall–Kier alpha value is -3.26. The highest BCUT2D eigenvalue weighted by Gasteiger charge is 2.14. The first-order valence-corrected chi connectivity index (χ1v) is 8.60. The highest BCUT2D eigenvalue weighted by Crippen LogP contribution is 2.13. The molecule has 2 heterocycles. The second kappa shape index (κ2) is 7.55. The molecule has 0 saturated heterocycles. The summed E-state index contributed by atoms with van der Waals surface area (Å²) in [7, 11) is 2.92. The Labute approximate surface area is 155 Å². The van der Waals surface area contributed by atoms with Gasteiger partial charge < -0.3 is 10.6 Å². The Morgan fingerprint density at radius 3 is 2.63 bits per heavy atom. The van der Waals surface area contributed by atoms with Gasteiger partial charge in [0.15, 0.2) is 0 Å². The van der Waals surface area contributed by atoms with Gasteiger partial charge in [-0.15, -0.1) is 0 Å². The molecule has 0 unspecified atom stereocenters. The zero-order valence-electron chi connectivity index (χ0n) is 15.4. The van der Waals surface area contributed by atoms with Crippen molar-refractivity contribution in [2.45, 2.75) is 13.5 Å². The standard InChI is InChI=1S/C19H21N5O3/c1-4-20-11-12-6-5-7-13(10-12)21-17(25)15-9-8-14-16(22-15)23(2)19(27)24(3)18(14)26/h5-10,20H,4,11H2,1-3H3,(H,21,25). The Kier molecular flexibility index (Phi) is 5.18. The molecule has 0 saturated carbocycles. The van der Waals surface area contributed by atoms with Crippen molar-refractivity contribution < 1.29 is 4.79 Å². The number of amides is 1. The van der Waals surface area contributed by atoms with Crippen molar-refractivity contribution in [1.82, 2.24) is 19.4 Å².